The maximum atomic E-state index is 9.54. The molecule has 0 spiro atoms. The molecule has 1 fully saturated rings. The third-order valence-electron chi connectivity index (χ3n) is 3.99. The number of hydrogen-bond donors (Lipinski definition) is 1. The standard InChI is InChI=1S/C15H22ClNO/c1-3-12-6-8-17(9-7-12)15-5-4-13(11(2)18)10-14(15)16/h4-5,10-12,18H,3,6-9H2,1-2H3. The smallest absolute Gasteiger partial charge is 0.0762 e. The van der Waals surface area contributed by atoms with Crippen LogP contribution in [0, 0.1) is 5.92 Å². The van der Waals surface area contributed by atoms with E-state index in [0.717, 1.165) is 35.3 Å². The SMILES string of the molecule is CCC1CCN(c2ccc(C(C)O)cc2Cl)CC1. The van der Waals surface area contributed by atoms with Crippen molar-refractivity contribution in [1.82, 2.24) is 0 Å². The number of halogens is 1. The molecule has 2 nitrogen and oxygen atoms in total. The van der Waals surface area contributed by atoms with Gasteiger partial charge in [0.05, 0.1) is 16.8 Å². The highest BCUT2D eigenvalue weighted by atomic mass is 35.5. The van der Waals surface area contributed by atoms with Crippen LogP contribution in [0.1, 0.15) is 44.8 Å². The van der Waals surface area contributed by atoms with E-state index in [4.69, 9.17) is 11.6 Å². The molecule has 0 amide bonds. The number of hydrogen-bond acceptors (Lipinski definition) is 2. The predicted octanol–water partition coefficient (Wildman–Crippen LogP) is 4.02. The van der Waals surface area contributed by atoms with E-state index in [1.807, 2.05) is 18.2 Å². The summed E-state index contributed by atoms with van der Waals surface area (Å²) in [7, 11) is 0. The second kappa shape index (κ2) is 5.94. The predicted molar refractivity (Wildman–Crippen MR) is 77.3 cm³/mol. The maximum Gasteiger partial charge on any atom is 0.0762 e. The second-order valence-electron chi connectivity index (χ2n) is 5.23. The molecule has 1 aromatic rings. The van der Waals surface area contributed by atoms with Gasteiger partial charge in [-0.05, 0) is 43.4 Å². The maximum absolute atomic E-state index is 9.54. The fraction of sp³-hybridized carbons (Fsp3) is 0.600. The number of benzene rings is 1. The minimum absolute atomic E-state index is 0.456. The fourth-order valence-corrected chi connectivity index (χ4v) is 2.93. The molecule has 1 heterocycles. The minimum Gasteiger partial charge on any atom is -0.389 e. The van der Waals surface area contributed by atoms with Gasteiger partial charge in [-0.2, -0.15) is 0 Å². The molecular weight excluding hydrogens is 246 g/mol. The fourth-order valence-electron chi connectivity index (χ4n) is 2.62. The Labute approximate surface area is 115 Å². The largest absolute Gasteiger partial charge is 0.389 e. The molecule has 1 saturated heterocycles. The molecule has 3 heteroatoms. The molecule has 0 radical (unpaired) electrons. The highest BCUT2D eigenvalue weighted by molar-refractivity contribution is 6.33. The Morgan fingerprint density at radius 1 is 1.39 bits per heavy atom. The highest BCUT2D eigenvalue weighted by Gasteiger charge is 2.19. The van der Waals surface area contributed by atoms with Crippen molar-refractivity contribution in [2.24, 2.45) is 5.92 Å². The molecule has 0 bridgehead atoms. The molecule has 0 saturated carbocycles. The zero-order chi connectivity index (χ0) is 13.1. The first-order valence-corrected chi connectivity index (χ1v) is 7.22. The summed E-state index contributed by atoms with van der Waals surface area (Å²) >= 11 is 6.32. The van der Waals surface area contributed by atoms with Crippen LogP contribution in [0.2, 0.25) is 5.02 Å². The Bertz CT molecular complexity index is 397. The summed E-state index contributed by atoms with van der Waals surface area (Å²) in [5, 5.41) is 10.3. The number of nitrogens with zero attached hydrogens (tertiary/aromatic N) is 1. The summed E-state index contributed by atoms with van der Waals surface area (Å²) < 4.78 is 0. The summed E-state index contributed by atoms with van der Waals surface area (Å²) in [6, 6.07) is 5.89. The van der Waals surface area contributed by atoms with Gasteiger partial charge in [0.2, 0.25) is 0 Å². The van der Waals surface area contributed by atoms with Crippen molar-refractivity contribution in [2.75, 3.05) is 18.0 Å². The molecule has 1 atom stereocenters. The van der Waals surface area contributed by atoms with Crippen molar-refractivity contribution < 1.29 is 5.11 Å². The third kappa shape index (κ3) is 2.99. The van der Waals surface area contributed by atoms with Crippen LogP contribution in [-0.4, -0.2) is 18.2 Å². The molecule has 1 aromatic carbocycles. The number of rotatable bonds is 3. The number of piperidine rings is 1. The van der Waals surface area contributed by atoms with Gasteiger partial charge in [-0.25, -0.2) is 0 Å². The second-order valence-corrected chi connectivity index (χ2v) is 5.63. The summed E-state index contributed by atoms with van der Waals surface area (Å²) in [6.07, 6.45) is 3.33. The molecule has 2 rings (SSSR count). The summed E-state index contributed by atoms with van der Waals surface area (Å²) in [4.78, 5) is 2.36. The average Bonchev–Trinajstić information content (AvgIpc) is 2.38. The molecule has 1 aliphatic heterocycles. The molecular formula is C15H22ClNO. The van der Waals surface area contributed by atoms with E-state index in [9.17, 15) is 5.11 Å². The Morgan fingerprint density at radius 2 is 2.06 bits per heavy atom. The Balaban J connectivity index is 2.10. The number of aliphatic hydroxyl groups excluding tert-OH is 1. The van der Waals surface area contributed by atoms with Crippen LogP contribution in [-0.2, 0) is 0 Å². The van der Waals surface area contributed by atoms with Crippen molar-refractivity contribution in [3.8, 4) is 0 Å². The lowest BCUT2D eigenvalue weighted by molar-refractivity contribution is 0.199. The first-order valence-electron chi connectivity index (χ1n) is 6.84. The van der Waals surface area contributed by atoms with Gasteiger partial charge in [-0.3, -0.25) is 0 Å². The van der Waals surface area contributed by atoms with Crippen LogP contribution in [0.5, 0.6) is 0 Å². The molecule has 0 aliphatic carbocycles. The van der Waals surface area contributed by atoms with Crippen molar-refractivity contribution >= 4 is 17.3 Å². The quantitative estimate of drug-likeness (QED) is 0.894. The van der Waals surface area contributed by atoms with E-state index in [1.54, 1.807) is 6.92 Å². The molecule has 1 N–H and O–H groups in total. The minimum atomic E-state index is -0.456. The monoisotopic (exact) mass is 267 g/mol. The van der Waals surface area contributed by atoms with Crippen molar-refractivity contribution in [3.63, 3.8) is 0 Å². The van der Waals surface area contributed by atoms with E-state index in [2.05, 4.69) is 11.8 Å². The molecule has 0 aromatic heterocycles. The van der Waals surface area contributed by atoms with E-state index < -0.39 is 6.10 Å². The average molecular weight is 268 g/mol. The zero-order valence-electron chi connectivity index (χ0n) is 11.2. The van der Waals surface area contributed by atoms with Gasteiger partial charge in [0, 0.05) is 13.1 Å². The van der Waals surface area contributed by atoms with E-state index >= 15 is 0 Å². The van der Waals surface area contributed by atoms with Crippen LogP contribution in [0.25, 0.3) is 0 Å². The molecule has 100 valence electrons. The Morgan fingerprint density at radius 3 is 2.56 bits per heavy atom. The normalized spacial score (nSPS) is 19.0. The topological polar surface area (TPSA) is 23.5 Å². The van der Waals surface area contributed by atoms with E-state index in [0.29, 0.717) is 0 Å². The van der Waals surface area contributed by atoms with Crippen LogP contribution in [0.15, 0.2) is 18.2 Å². The Hall–Kier alpha value is -0.730. The van der Waals surface area contributed by atoms with Gasteiger partial charge in [0.25, 0.3) is 0 Å². The lowest BCUT2D eigenvalue weighted by Gasteiger charge is -2.34. The first-order chi connectivity index (χ1) is 8.61. The van der Waals surface area contributed by atoms with Crippen molar-refractivity contribution in [1.29, 1.82) is 0 Å². The molecule has 1 aliphatic rings. The van der Waals surface area contributed by atoms with Gasteiger partial charge in [-0.15, -0.1) is 0 Å². The summed E-state index contributed by atoms with van der Waals surface area (Å²) in [5.74, 6) is 0.872. The number of aliphatic hydroxyl groups is 1. The first kappa shape index (κ1) is 13.7. The van der Waals surface area contributed by atoms with Crippen LogP contribution in [0.4, 0.5) is 5.69 Å². The lowest BCUT2D eigenvalue weighted by atomic mass is 9.94. The van der Waals surface area contributed by atoms with Gasteiger partial charge in [0.15, 0.2) is 0 Å². The van der Waals surface area contributed by atoms with Crippen molar-refractivity contribution in [3.05, 3.63) is 28.8 Å². The number of anilines is 1. The highest BCUT2D eigenvalue weighted by Crippen LogP contribution is 2.32. The van der Waals surface area contributed by atoms with Crippen LogP contribution < -0.4 is 4.90 Å². The zero-order valence-corrected chi connectivity index (χ0v) is 12.0. The van der Waals surface area contributed by atoms with Crippen molar-refractivity contribution in [2.45, 2.75) is 39.2 Å². The van der Waals surface area contributed by atoms with Gasteiger partial charge in [-0.1, -0.05) is 31.0 Å². The molecule has 1 unspecified atom stereocenters. The summed E-state index contributed by atoms with van der Waals surface area (Å²) in [6.45, 7) is 6.21. The van der Waals surface area contributed by atoms with Gasteiger partial charge >= 0.3 is 0 Å². The van der Waals surface area contributed by atoms with Crippen LogP contribution in [0.3, 0.4) is 0 Å². The third-order valence-corrected chi connectivity index (χ3v) is 4.29. The van der Waals surface area contributed by atoms with Gasteiger partial charge < -0.3 is 10.0 Å². The van der Waals surface area contributed by atoms with E-state index in [1.165, 1.54) is 19.3 Å². The van der Waals surface area contributed by atoms with Crippen LogP contribution >= 0.6 is 11.6 Å². The van der Waals surface area contributed by atoms with E-state index in [-0.39, 0.29) is 0 Å². The molecule has 18 heavy (non-hydrogen) atoms. The Kier molecular flexibility index (Phi) is 4.52. The lowest BCUT2D eigenvalue weighted by Crippen LogP contribution is -2.33. The summed E-state index contributed by atoms with van der Waals surface area (Å²) in [5.41, 5.74) is 1.99. The van der Waals surface area contributed by atoms with Gasteiger partial charge in [0.1, 0.15) is 0 Å².